The molecule has 0 unspecified atom stereocenters. The Balaban J connectivity index is 1.85. The van der Waals surface area contributed by atoms with Crippen LogP contribution in [0.2, 0.25) is 0 Å². The highest BCUT2D eigenvalue weighted by molar-refractivity contribution is 5.38. The van der Waals surface area contributed by atoms with Crippen molar-refractivity contribution in [3.63, 3.8) is 0 Å². The number of nitrogens with two attached hydrogens (primary N) is 1. The Hall–Kier alpha value is -1.25. The van der Waals surface area contributed by atoms with E-state index < -0.39 is 0 Å². The minimum Gasteiger partial charge on any atom is -0.394 e. The van der Waals surface area contributed by atoms with Gasteiger partial charge < -0.3 is 10.3 Å². The van der Waals surface area contributed by atoms with Crippen LogP contribution in [0.4, 0.5) is 5.69 Å². The van der Waals surface area contributed by atoms with Crippen molar-refractivity contribution in [3.8, 4) is 0 Å². The van der Waals surface area contributed by atoms with Crippen LogP contribution in [0.1, 0.15) is 51.1 Å². The molecule has 0 saturated heterocycles. The van der Waals surface area contributed by atoms with Crippen LogP contribution in [0, 0.1) is 17.8 Å². The van der Waals surface area contributed by atoms with Gasteiger partial charge in [0.05, 0.1) is 5.69 Å². The summed E-state index contributed by atoms with van der Waals surface area (Å²) in [5, 5.41) is 0. The molecule has 4 aliphatic carbocycles. The third-order valence-electron chi connectivity index (χ3n) is 6.10. The maximum absolute atomic E-state index is 12.4. The predicted octanol–water partition coefficient (Wildman–Crippen LogP) is 2.92. The molecule has 0 amide bonds. The number of aromatic nitrogens is 1. The first kappa shape index (κ1) is 12.5. The first-order valence-corrected chi connectivity index (χ1v) is 8.11. The first-order valence-electron chi connectivity index (χ1n) is 8.11. The molecule has 3 nitrogen and oxygen atoms in total. The number of anilines is 1. The Morgan fingerprint density at radius 2 is 1.70 bits per heavy atom. The van der Waals surface area contributed by atoms with E-state index in [1.54, 1.807) is 0 Å². The molecule has 5 rings (SSSR count). The zero-order valence-corrected chi connectivity index (χ0v) is 12.3. The van der Waals surface area contributed by atoms with Gasteiger partial charge in [0.1, 0.15) is 0 Å². The molecule has 0 aromatic carbocycles. The summed E-state index contributed by atoms with van der Waals surface area (Å²) in [7, 11) is 0. The Bertz CT molecular complexity index is 566. The normalized spacial score (nSPS) is 38.4. The standard InChI is InChI=1S/C17H24N2O/c1-2-19-15(4-3-14(18)16(19)20)17-8-11-5-12(9-17)7-13(6-11)10-17/h3-4,11-13H,2,5-10,18H2,1H3. The maximum Gasteiger partial charge on any atom is 0.273 e. The van der Waals surface area contributed by atoms with Gasteiger partial charge in [-0.1, -0.05) is 0 Å². The summed E-state index contributed by atoms with van der Waals surface area (Å²) in [6.07, 6.45) is 8.19. The second-order valence-electron chi connectivity index (χ2n) is 7.42. The second kappa shape index (κ2) is 4.12. The van der Waals surface area contributed by atoms with Crippen molar-refractivity contribution >= 4 is 5.69 Å². The smallest absolute Gasteiger partial charge is 0.273 e. The lowest BCUT2D eigenvalue weighted by atomic mass is 9.48. The van der Waals surface area contributed by atoms with E-state index in [9.17, 15) is 4.79 Å². The maximum atomic E-state index is 12.4. The molecule has 4 bridgehead atoms. The molecule has 1 heterocycles. The first-order chi connectivity index (χ1) is 9.61. The summed E-state index contributed by atoms with van der Waals surface area (Å²) in [4.78, 5) is 12.4. The van der Waals surface area contributed by atoms with E-state index in [0.717, 1.165) is 24.3 Å². The molecule has 20 heavy (non-hydrogen) atoms. The molecule has 1 aromatic heterocycles. The molecule has 0 radical (unpaired) electrons. The van der Waals surface area contributed by atoms with Crippen LogP contribution in [0.15, 0.2) is 16.9 Å². The lowest BCUT2D eigenvalue weighted by Gasteiger charge is -2.57. The number of pyridine rings is 1. The topological polar surface area (TPSA) is 48.0 Å². The van der Waals surface area contributed by atoms with E-state index in [1.807, 2.05) is 10.6 Å². The number of rotatable bonds is 2. The SMILES string of the molecule is CCn1c(C23CC4CC(CC(C4)C2)C3)ccc(N)c1=O. The highest BCUT2D eigenvalue weighted by atomic mass is 16.1. The summed E-state index contributed by atoms with van der Waals surface area (Å²) in [6.45, 7) is 2.80. The summed E-state index contributed by atoms with van der Waals surface area (Å²) >= 11 is 0. The molecule has 0 aliphatic heterocycles. The van der Waals surface area contributed by atoms with Crippen LogP contribution in [-0.2, 0) is 12.0 Å². The Morgan fingerprint density at radius 3 is 2.20 bits per heavy atom. The molecule has 1 aromatic rings. The summed E-state index contributed by atoms with van der Waals surface area (Å²) < 4.78 is 1.95. The van der Waals surface area contributed by atoms with E-state index in [2.05, 4.69) is 13.0 Å². The van der Waals surface area contributed by atoms with Crippen molar-refractivity contribution in [2.45, 2.75) is 57.4 Å². The van der Waals surface area contributed by atoms with Crippen LogP contribution in [0.5, 0.6) is 0 Å². The number of nitrogens with zero attached hydrogens (tertiary/aromatic N) is 1. The van der Waals surface area contributed by atoms with Crippen LogP contribution < -0.4 is 11.3 Å². The van der Waals surface area contributed by atoms with Crippen molar-refractivity contribution in [2.24, 2.45) is 17.8 Å². The molecule has 3 heteroatoms. The van der Waals surface area contributed by atoms with Crippen LogP contribution in [-0.4, -0.2) is 4.57 Å². The predicted molar refractivity (Wildman–Crippen MR) is 80.6 cm³/mol. The van der Waals surface area contributed by atoms with Crippen molar-refractivity contribution in [1.29, 1.82) is 0 Å². The molecule has 108 valence electrons. The zero-order chi connectivity index (χ0) is 13.9. The van der Waals surface area contributed by atoms with Gasteiger partial charge in [-0.2, -0.15) is 0 Å². The molecule has 2 N–H and O–H groups in total. The molecule has 4 aliphatic rings. The van der Waals surface area contributed by atoms with Gasteiger partial charge in [-0.25, -0.2) is 0 Å². The van der Waals surface area contributed by atoms with Gasteiger partial charge in [-0.05, 0) is 75.3 Å². The van der Waals surface area contributed by atoms with E-state index in [4.69, 9.17) is 5.73 Å². The third kappa shape index (κ3) is 1.61. The largest absolute Gasteiger partial charge is 0.394 e. The Morgan fingerprint density at radius 1 is 1.15 bits per heavy atom. The van der Waals surface area contributed by atoms with Gasteiger partial charge in [-0.3, -0.25) is 4.79 Å². The molecule has 4 saturated carbocycles. The van der Waals surface area contributed by atoms with E-state index in [-0.39, 0.29) is 11.0 Å². The second-order valence-corrected chi connectivity index (χ2v) is 7.42. The van der Waals surface area contributed by atoms with Gasteiger partial charge >= 0.3 is 0 Å². The minimum atomic E-state index is 0.0146. The van der Waals surface area contributed by atoms with E-state index in [0.29, 0.717) is 5.69 Å². The van der Waals surface area contributed by atoms with Gasteiger partial charge in [0.25, 0.3) is 5.56 Å². The van der Waals surface area contributed by atoms with Crippen molar-refractivity contribution in [2.75, 3.05) is 5.73 Å². The Kier molecular flexibility index (Phi) is 2.57. The monoisotopic (exact) mass is 272 g/mol. The fourth-order valence-electron chi connectivity index (χ4n) is 5.80. The zero-order valence-electron chi connectivity index (χ0n) is 12.3. The molecule has 4 fully saturated rings. The van der Waals surface area contributed by atoms with Crippen LogP contribution in [0.25, 0.3) is 0 Å². The van der Waals surface area contributed by atoms with Crippen LogP contribution >= 0.6 is 0 Å². The lowest BCUT2D eigenvalue weighted by Crippen LogP contribution is -2.50. The fraction of sp³-hybridized carbons (Fsp3) is 0.706. The summed E-state index contributed by atoms with van der Waals surface area (Å²) in [5.41, 5.74) is 7.78. The fourth-order valence-corrected chi connectivity index (χ4v) is 5.80. The number of hydrogen-bond donors (Lipinski definition) is 1. The highest BCUT2D eigenvalue weighted by Gasteiger charge is 2.52. The van der Waals surface area contributed by atoms with Crippen molar-refractivity contribution < 1.29 is 0 Å². The third-order valence-corrected chi connectivity index (χ3v) is 6.10. The molecule has 0 atom stereocenters. The molecular weight excluding hydrogens is 248 g/mol. The van der Waals surface area contributed by atoms with Crippen molar-refractivity contribution in [3.05, 3.63) is 28.2 Å². The van der Waals surface area contributed by atoms with Gasteiger partial charge in [0.15, 0.2) is 0 Å². The molecular formula is C17H24N2O. The van der Waals surface area contributed by atoms with Gasteiger partial charge in [-0.15, -0.1) is 0 Å². The highest BCUT2D eigenvalue weighted by Crippen LogP contribution is 2.60. The average molecular weight is 272 g/mol. The quantitative estimate of drug-likeness (QED) is 0.900. The summed E-state index contributed by atoms with van der Waals surface area (Å²) in [6, 6.07) is 3.98. The van der Waals surface area contributed by atoms with Crippen LogP contribution in [0.3, 0.4) is 0 Å². The van der Waals surface area contributed by atoms with E-state index in [1.165, 1.54) is 44.2 Å². The van der Waals surface area contributed by atoms with Gasteiger partial charge in [0, 0.05) is 17.7 Å². The minimum absolute atomic E-state index is 0.0146. The molecule has 0 spiro atoms. The summed E-state index contributed by atoms with van der Waals surface area (Å²) in [5.74, 6) is 2.71. The average Bonchev–Trinajstić information content (AvgIpc) is 2.40. The number of nitrogen functional groups attached to an aromatic ring is 1. The number of hydrogen-bond acceptors (Lipinski definition) is 2. The van der Waals surface area contributed by atoms with Crippen molar-refractivity contribution in [1.82, 2.24) is 4.57 Å². The Labute approximate surface area is 120 Å². The van der Waals surface area contributed by atoms with Gasteiger partial charge in [0.2, 0.25) is 0 Å². The lowest BCUT2D eigenvalue weighted by molar-refractivity contribution is -0.00919. The van der Waals surface area contributed by atoms with E-state index >= 15 is 0 Å².